The highest BCUT2D eigenvalue weighted by Crippen LogP contribution is 2.40. The smallest absolute Gasteiger partial charge is 0.391 e. The molecule has 1 aliphatic heterocycles. The summed E-state index contributed by atoms with van der Waals surface area (Å²) in [4.78, 5) is 23.7. The minimum Gasteiger partial charge on any atom is -0.480 e. The normalized spacial score (nSPS) is 28.9. The number of carboxylic acid groups (broad SMARTS) is 1. The van der Waals surface area contributed by atoms with Crippen molar-refractivity contribution in [2.75, 3.05) is 13.2 Å². The zero-order chi connectivity index (χ0) is 16.4. The van der Waals surface area contributed by atoms with Crippen molar-refractivity contribution < 1.29 is 32.6 Å². The molecular weight excluding hydrogens is 303 g/mol. The number of carbonyl (C=O) groups excluding carboxylic acids is 1. The Labute approximate surface area is 126 Å². The number of halogens is 3. The second-order valence-electron chi connectivity index (χ2n) is 6.09. The summed E-state index contributed by atoms with van der Waals surface area (Å²) in [5.74, 6) is -4.00. The Bertz CT molecular complexity index is 432. The summed E-state index contributed by atoms with van der Waals surface area (Å²) in [6.45, 7) is 0.421. The number of carboxylic acids is 1. The van der Waals surface area contributed by atoms with Crippen LogP contribution in [-0.2, 0) is 14.3 Å². The molecule has 8 heteroatoms. The second kappa shape index (κ2) is 6.44. The molecule has 0 aromatic rings. The van der Waals surface area contributed by atoms with E-state index in [-0.39, 0.29) is 38.9 Å². The molecule has 2 rings (SSSR count). The lowest BCUT2D eigenvalue weighted by Crippen LogP contribution is -2.59. The SMILES string of the molecule is O=C(NC1(C(=O)O)CCOCC1)C1CCCC(C(F)(F)F)C1. The van der Waals surface area contributed by atoms with Crippen LogP contribution in [0.3, 0.4) is 0 Å². The van der Waals surface area contributed by atoms with Crippen molar-refractivity contribution in [2.24, 2.45) is 11.8 Å². The van der Waals surface area contributed by atoms with E-state index in [1.54, 1.807) is 0 Å². The highest BCUT2D eigenvalue weighted by molar-refractivity contribution is 5.88. The number of ether oxygens (including phenoxy) is 1. The third-order valence-corrected chi connectivity index (χ3v) is 4.63. The van der Waals surface area contributed by atoms with Crippen LogP contribution < -0.4 is 5.32 Å². The maximum Gasteiger partial charge on any atom is 0.391 e. The number of alkyl halides is 3. The van der Waals surface area contributed by atoms with E-state index in [1.165, 1.54) is 0 Å². The molecule has 126 valence electrons. The number of nitrogens with one attached hydrogen (secondary N) is 1. The number of hydrogen-bond acceptors (Lipinski definition) is 3. The molecule has 1 heterocycles. The van der Waals surface area contributed by atoms with Gasteiger partial charge in [-0.3, -0.25) is 4.79 Å². The second-order valence-corrected chi connectivity index (χ2v) is 6.09. The van der Waals surface area contributed by atoms with Crippen LogP contribution in [0.5, 0.6) is 0 Å². The molecule has 5 nitrogen and oxygen atoms in total. The van der Waals surface area contributed by atoms with Crippen LogP contribution in [0.25, 0.3) is 0 Å². The Morgan fingerprint density at radius 3 is 2.36 bits per heavy atom. The number of hydrogen-bond donors (Lipinski definition) is 2. The van der Waals surface area contributed by atoms with Gasteiger partial charge in [0.1, 0.15) is 5.54 Å². The van der Waals surface area contributed by atoms with Crippen LogP contribution >= 0.6 is 0 Å². The van der Waals surface area contributed by atoms with E-state index in [1.807, 2.05) is 0 Å². The van der Waals surface area contributed by atoms with E-state index < -0.39 is 35.4 Å². The van der Waals surface area contributed by atoms with Crippen molar-refractivity contribution >= 4 is 11.9 Å². The number of rotatable bonds is 3. The zero-order valence-corrected chi connectivity index (χ0v) is 12.1. The Balaban J connectivity index is 2.02. The fraction of sp³-hybridized carbons (Fsp3) is 0.857. The average molecular weight is 323 g/mol. The summed E-state index contributed by atoms with van der Waals surface area (Å²) in [5.41, 5.74) is -1.42. The molecule has 0 spiro atoms. The van der Waals surface area contributed by atoms with Gasteiger partial charge in [0.05, 0.1) is 5.92 Å². The van der Waals surface area contributed by atoms with Crippen molar-refractivity contribution in [1.82, 2.24) is 5.32 Å². The number of amides is 1. The third-order valence-electron chi connectivity index (χ3n) is 4.63. The van der Waals surface area contributed by atoms with Gasteiger partial charge < -0.3 is 15.2 Å². The van der Waals surface area contributed by atoms with Gasteiger partial charge in [-0.25, -0.2) is 4.79 Å². The Kier molecular flexibility index (Phi) is 4.99. The molecule has 2 atom stereocenters. The molecule has 2 unspecified atom stereocenters. The summed E-state index contributed by atoms with van der Waals surface area (Å²) in [6, 6.07) is 0. The standard InChI is InChI=1S/C14H20F3NO4/c15-14(16,17)10-3-1-2-9(8-10)11(19)18-13(12(20)21)4-6-22-7-5-13/h9-10H,1-8H2,(H,18,19)(H,20,21). The molecule has 2 aliphatic rings. The van der Waals surface area contributed by atoms with Gasteiger partial charge in [-0.2, -0.15) is 13.2 Å². The van der Waals surface area contributed by atoms with Crippen LogP contribution in [0.15, 0.2) is 0 Å². The first-order valence-corrected chi connectivity index (χ1v) is 7.44. The zero-order valence-electron chi connectivity index (χ0n) is 12.1. The highest BCUT2D eigenvalue weighted by Gasteiger charge is 2.46. The van der Waals surface area contributed by atoms with E-state index in [2.05, 4.69) is 5.32 Å². The maximum atomic E-state index is 12.8. The van der Waals surface area contributed by atoms with Crippen molar-refractivity contribution in [3.8, 4) is 0 Å². The Morgan fingerprint density at radius 1 is 1.18 bits per heavy atom. The molecule has 0 aromatic heterocycles. The van der Waals surface area contributed by atoms with Crippen LogP contribution in [0.2, 0.25) is 0 Å². The van der Waals surface area contributed by atoms with Crippen molar-refractivity contribution in [2.45, 2.75) is 50.2 Å². The molecule has 2 N–H and O–H groups in total. The lowest BCUT2D eigenvalue weighted by molar-refractivity contribution is -0.186. The van der Waals surface area contributed by atoms with Gasteiger partial charge >= 0.3 is 12.1 Å². The quantitative estimate of drug-likeness (QED) is 0.834. The van der Waals surface area contributed by atoms with E-state index >= 15 is 0 Å². The van der Waals surface area contributed by atoms with Crippen LogP contribution in [0.1, 0.15) is 38.5 Å². The Morgan fingerprint density at radius 2 is 1.82 bits per heavy atom. The molecular formula is C14H20F3NO4. The monoisotopic (exact) mass is 323 g/mol. The molecule has 22 heavy (non-hydrogen) atoms. The van der Waals surface area contributed by atoms with Gasteiger partial charge in [0, 0.05) is 32.0 Å². The fourth-order valence-corrected chi connectivity index (χ4v) is 3.18. The summed E-state index contributed by atoms with van der Waals surface area (Å²) in [7, 11) is 0. The average Bonchev–Trinajstić information content (AvgIpc) is 2.47. The Hall–Kier alpha value is -1.31. The number of aliphatic carboxylic acids is 1. The lowest BCUT2D eigenvalue weighted by atomic mass is 9.79. The summed E-state index contributed by atoms with van der Waals surface area (Å²) >= 11 is 0. The fourth-order valence-electron chi connectivity index (χ4n) is 3.18. The molecule has 1 aliphatic carbocycles. The van der Waals surface area contributed by atoms with Gasteiger partial charge in [-0.15, -0.1) is 0 Å². The minimum absolute atomic E-state index is 0.0329. The molecule has 2 fully saturated rings. The van der Waals surface area contributed by atoms with Gasteiger partial charge in [0.25, 0.3) is 0 Å². The van der Waals surface area contributed by atoms with E-state index in [9.17, 15) is 27.9 Å². The first kappa shape index (κ1) is 17.1. The van der Waals surface area contributed by atoms with Gasteiger partial charge in [-0.1, -0.05) is 6.42 Å². The molecule has 0 bridgehead atoms. The van der Waals surface area contributed by atoms with Crippen LogP contribution in [0, 0.1) is 11.8 Å². The van der Waals surface area contributed by atoms with Crippen molar-refractivity contribution in [3.63, 3.8) is 0 Å². The van der Waals surface area contributed by atoms with Gasteiger partial charge in [-0.05, 0) is 19.3 Å². The third kappa shape index (κ3) is 3.71. The predicted octanol–water partition coefficient (Wildman–Crippen LogP) is 2.11. The summed E-state index contributed by atoms with van der Waals surface area (Å²) in [5, 5.41) is 11.9. The van der Waals surface area contributed by atoms with E-state index in [0.29, 0.717) is 12.8 Å². The largest absolute Gasteiger partial charge is 0.480 e. The van der Waals surface area contributed by atoms with Crippen molar-refractivity contribution in [3.05, 3.63) is 0 Å². The van der Waals surface area contributed by atoms with E-state index in [4.69, 9.17) is 4.74 Å². The highest BCUT2D eigenvalue weighted by atomic mass is 19.4. The summed E-state index contributed by atoms with van der Waals surface area (Å²) < 4.78 is 43.5. The topological polar surface area (TPSA) is 75.6 Å². The lowest BCUT2D eigenvalue weighted by Gasteiger charge is -2.36. The van der Waals surface area contributed by atoms with Crippen LogP contribution in [0.4, 0.5) is 13.2 Å². The maximum absolute atomic E-state index is 12.8. The van der Waals surface area contributed by atoms with Gasteiger partial charge in [0.2, 0.25) is 5.91 Å². The molecule has 0 aromatic carbocycles. The molecule has 1 amide bonds. The van der Waals surface area contributed by atoms with Crippen molar-refractivity contribution in [1.29, 1.82) is 0 Å². The first-order valence-electron chi connectivity index (χ1n) is 7.44. The first-order chi connectivity index (χ1) is 10.2. The predicted molar refractivity (Wildman–Crippen MR) is 70.1 cm³/mol. The number of carbonyl (C=O) groups is 2. The molecule has 1 saturated carbocycles. The van der Waals surface area contributed by atoms with Crippen LogP contribution in [-0.4, -0.2) is 41.9 Å². The summed E-state index contributed by atoms with van der Waals surface area (Å²) in [6.07, 6.45) is -3.59. The van der Waals surface area contributed by atoms with Gasteiger partial charge in [0.15, 0.2) is 0 Å². The van der Waals surface area contributed by atoms with E-state index in [0.717, 1.165) is 0 Å². The molecule has 0 radical (unpaired) electrons. The molecule has 1 saturated heterocycles. The minimum atomic E-state index is -4.30.